The SMILES string of the molecule is CN(Cc1cccc(C(N)=O)c1)C(=O)c1ccc(NC(=O)c2ccccc2)cc1. The molecule has 3 amide bonds. The maximum atomic E-state index is 12.7. The number of rotatable bonds is 6. The Morgan fingerprint density at radius 2 is 1.48 bits per heavy atom. The van der Waals surface area contributed by atoms with Gasteiger partial charge in [-0.25, -0.2) is 0 Å². The van der Waals surface area contributed by atoms with Crippen LogP contribution in [0.1, 0.15) is 36.6 Å². The van der Waals surface area contributed by atoms with Gasteiger partial charge in [0.15, 0.2) is 0 Å². The van der Waals surface area contributed by atoms with Crippen LogP contribution < -0.4 is 11.1 Å². The Kier molecular flexibility index (Phi) is 6.04. The fraction of sp³-hybridized carbons (Fsp3) is 0.0870. The number of primary amides is 1. The molecule has 6 nitrogen and oxygen atoms in total. The fourth-order valence-corrected chi connectivity index (χ4v) is 2.88. The molecular weight excluding hydrogens is 366 g/mol. The van der Waals surface area contributed by atoms with Crippen LogP contribution in [0.15, 0.2) is 78.9 Å². The summed E-state index contributed by atoms with van der Waals surface area (Å²) in [4.78, 5) is 37.7. The molecule has 0 radical (unpaired) electrons. The molecular formula is C23H21N3O3. The topological polar surface area (TPSA) is 92.5 Å². The molecule has 0 aromatic heterocycles. The summed E-state index contributed by atoms with van der Waals surface area (Å²) < 4.78 is 0. The number of nitrogens with one attached hydrogen (secondary N) is 1. The van der Waals surface area contributed by atoms with Gasteiger partial charge in [0.1, 0.15) is 0 Å². The molecule has 29 heavy (non-hydrogen) atoms. The first kappa shape index (κ1) is 19.8. The number of nitrogens with two attached hydrogens (primary N) is 1. The maximum Gasteiger partial charge on any atom is 0.255 e. The van der Waals surface area contributed by atoms with Crippen LogP contribution in [0.5, 0.6) is 0 Å². The first-order valence-electron chi connectivity index (χ1n) is 9.05. The molecule has 6 heteroatoms. The predicted molar refractivity (Wildman–Crippen MR) is 112 cm³/mol. The molecule has 3 rings (SSSR count). The molecule has 3 N–H and O–H groups in total. The lowest BCUT2D eigenvalue weighted by Crippen LogP contribution is -2.26. The minimum absolute atomic E-state index is 0.171. The normalized spacial score (nSPS) is 10.2. The highest BCUT2D eigenvalue weighted by atomic mass is 16.2. The summed E-state index contributed by atoms with van der Waals surface area (Å²) in [6.45, 7) is 0.340. The third-order valence-electron chi connectivity index (χ3n) is 4.40. The van der Waals surface area contributed by atoms with Crippen molar-refractivity contribution in [3.05, 3.63) is 101 Å². The van der Waals surface area contributed by atoms with E-state index in [9.17, 15) is 14.4 Å². The van der Waals surface area contributed by atoms with Gasteiger partial charge in [-0.3, -0.25) is 14.4 Å². The molecule has 0 aliphatic rings. The predicted octanol–water partition coefficient (Wildman–Crippen LogP) is 3.31. The molecule has 3 aromatic carbocycles. The van der Waals surface area contributed by atoms with Crippen molar-refractivity contribution < 1.29 is 14.4 Å². The molecule has 0 bridgehead atoms. The van der Waals surface area contributed by atoms with Crippen LogP contribution in [0, 0.1) is 0 Å². The molecule has 0 saturated heterocycles. The van der Waals surface area contributed by atoms with Gasteiger partial charge >= 0.3 is 0 Å². The van der Waals surface area contributed by atoms with E-state index in [1.54, 1.807) is 78.7 Å². The zero-order valence-corrected chi connectivity index (χ0v) is 16.0. The zero-order valence-electron chi connectivity index (χ0n) is 16.0. The van der Waals surface area contributed by atoms with Gasteiger partial charge in [0.05, 0.1) is 0 Å². The second kappa shape index (κ2) is 8.84. The van der Waals surface area contributed by atoms with Crippen molar-refractivity contribution >= 4 is 23.4 Å². The maximum absolute atomic E-state index is 12.7. The monoisotopic (exact) mass is 387 g/mol. The minimum atomic E-state index is -0.506. The number of amides is 3. The van der Waals surface area contributed by atoms with Crippen molar-refractivity contribution in [2.45, 2.75) is 6.54 Å². The molecule has 0 atom stereocenters. The Morgan fingerprint density at radius 1 is 0.828 bits per heavy atom. The van der Waals surface area contributed by atoms with E-state index in [-0.39, 0.29) is 11.8 Å². The summed E-state index contributed by atoms with van der Waals surface area (Å²) in [6.07, 6.45) is 0. The number of carbonyl (C=O) groups is 3. The smallest absolute Gasteiger partial charge is 0.255 e. The van der Waals surface area contributed by atoms with Crippen molar-refractivity contribution in [1.82, 2.24) is 4.90 Å². The lowest BCUT2D eigenvalue weighted by Gasteiger charge is -2.18. The van der Waals surface area contributed by atoms with Crippen LogP contribution in [0.25, 0.3) is 0 Å². The first-order chi connectivity index (χ1) is 13.9. The van der Waals surface area contributed by atoms with Crippen LogP contribution >= 0.6 is 0 Å². The summed E-state index contributed by atoms with van der Waals surface area (Å²) >= 11 is 0. The first-order valence-corrected chi connectivity index (χ1v) is 9.05. The van der Waals surface area contributed by atoms with Gasteiger partial charge in [-0.05, 0) is 54.1 Å². The lowest BCUT2D eigenvalue weighted by molar-refractivity contribution is 0.0785. The molecule has 0 fully saturated rings. The van der Waals surface area contributed by atoms with E-state index in [0.29, 0.717) is 28.9 Å². The van der Waals surface area contributed by atoms with E-state index < -0.39 is 5.91 Å². The zero-order chi connectivity index (χ0) is 20.8. The van der Waals surface area contributed by atoms with Crippen molar-refractivity contribution in [3.63, 3.8) is 0 Å². The minimum Gasteiger partial charge on any atom is -0.366 e. The van der Waals surface area contributed by atoms with Crippen molar-refractivity contribution in [2.75, 3.05) is 12.4 Å². The molecule has 0 spiro atoms. The Labute approximate surface area is 169 Å². The average molecular weight is 387 g/mol. The Morgan fingerprint density at radius 3 is 2.14 bits per heavy atom. The van der Waals surface area contributed by atoms with Crippen LogP contribution in [-0.4, -0.2) is 29.7 Å². The van der Waals surface area contributed by atoms with Gasteiger partial charge in [0, 0.05) is 36.0 Å². The third kappa shape index (κ3) is 5.07. The van der Waals surface area contributed by atoms with Crippen LogP contribution in [0.2, 0.25) is 0 Å². The molecule has 3 aromatic rings. The van der Waals surface area contributed by atoms with Crippen LogP contribution in [0.4, 0.5) is 5.69 Å². The molecule has 0 aliphatic heterocycles. The average Bonchev–Trinajstić information content (AvgIpc) is 2.74. The number of carbonyl (C=O) groups excluding carboxylic acids is 3. The number of hydrogen-bond acceptors (Lipinski definition) is 3. The highest BCUT2D eigenvalue weighted by Gasteiger charge is 2.13. The molecule has 146 valence electrons. The van der Waals surface area contributed by atoms with Crippen molar-refractivity contribution in [1.29, 1.82) is 0 Å². The molecule has 0 saturated carbocycles. The van der Waals surface area contributed by atoms with Crippen molar-refractivity contribution in [2.24, 2.45) is 5.73 Å². The second-order valence-electron chi connectivity index (χ2n) is 6.62. The third-order valence-corrected chi connectivity index (χ3v) is 4.40. The van der Waals surface area contributed by atoms with E-state index in [1.165, 1.54) is 0 Å². The Hall–Kier alpha value is -3.93. The van der Waals surface area contributed by atoms with E-state index in [0.717, 1.165) is 5.56 Å². The van der Waals surface area contributed by atoms with Gasteiger partial charge in [-0.2, -0.15) is 0 Å². The van der Waals surface area contributed by atoms with Gasteiger partial charge < -0.3 is 16.0 Å². The lowest BCUT2D eigenvalue weighted by atomic mass is 10.1. The summed E-state index contributed by atoms with van der Waals surface area (Å²) in [5.74, 6) is -0.888. The van der Waals surface area contributed by atoms with E-state index in [1.807, 2.05) is 12.1 Å². The second-order valence-corrected chi connectivity index (χ2v) is 6.62. The van der Waals surface area contributed by atoms with E-state index >= 15 is 0 Å². The Balaban J connectivity index is 1.64. The number of anilines is 1. The summed E-state index contributed by atoms with van der Waals surface area (Å²) in [5.41, 5.74) is 8.18. The number of benzene rings is 3. The van der Waals surface area contributed by atoms with E-state index in [4.69, 9.17) is 5.73 Å². The summed E-state index contributed by atoms with van der Waals surface area (Å²) in [7, 11) is 1.68. The standard InChI is InChI=1S/C23H21N3O3/c1-26(15-16-6-5-9-19(14-16)21(24)27)23(29)18-10-12-20(13-11-18)25-22(28)17-7-3-2-4-8-17/h2-14H,15H2,1H3,(H2,24,27)(H,25,28). The number of nitrogens with zero attached hydrogens (tertiary/aromatic N) is 1. The van der Waals surface area contributed by atoms with Gasteiger partial charge in [0.25, 0.3) is 11.8 Å². The van der Waals surface area contributed by atoms with Crippen molar-refractivity contribution in [3.8, 4) is 0 Å². The number of hydrogen-bond donors (Lipinski definition) is 2. The van der Waals surface area contributed by atoms with Crippen LogP contribution in [-0.2, 0) is 6.54 Å². The molecule has 0 aliphatic carbocycles. The summed E-state index contributed by atoms with van der Waals surface area (Å²) in [6, 6.07) is 22.5. The highest BCUT2D eigenvalue weighted by Crippen LogP contribution is 2.14. The summed E-state index contributed by atoms with van der Waals surface area (Å²) in [5, 5.41) is 2.80. The quantitative estimate of drug-likeness (QED) is 0.680. The van der Waals surface area contributed by atoms with E-state index in [2.05, 4.69) is 5.32 Å². The fourth-order valence-electron chi connectivity index (χ4n) is 2.88. The largest absolute Gasteiger partial charge is 0.366 e. The van der Waals surface area contributed by atoms with Crippen LogP contribution in [0.3, 0.4) is 0 Å². The molecule has 0 unspecified atom stereocenters. The van der Waals surface area contributed by atoms with Gasteiger partial charge in [0.2, 0.25) is 5.91 Å². The van der Waals surface area contributed by atoms with Gasteiger partial charge in [-0.1, -0.05) is 30.3 Å². The highest BCUT2D eigenvalue weighted by molar-refractivity contribution is 6.04. The Bertz CT molecular complexity index is 1030. The van der Waals surface area contributed by atoms with Gasteiger partial charge in [-0.15, -0.1) is 0 Å². The molecule has 0 heterocycles.